The molecular formula is C17H23F3N2O. The van der Waals surface area contributed by atoms with Gasteiger partial charge in [0.15, 0.2) is 0 Å². The van der Waals surface area contributed by atoms with Crippen molar-refractivity contribution in [1.82, 2.24) is 10.4 Å². The minimum absolute atomic E-state index is 0.0742. The normalized spacial score (nSPS) is 19.7. The van der Waals surface area contributed by atoms with E-state index in [1.54, 1.807) is 13.8 Å². The first-order chi connectivity index (χ1) is 10.6. The van der Waals surface area contributed by atoms with Gasteiger partial charge in [-0.15, -0.1) is 0 Å². The van der Waals surface area contributed by atoms with Crippen LogP contribution in [0.2, 0.25) is 0 Å². The van der Waals surface area contributed by atoms with Crippen LogP contribution in [0.15, 0.2) is 24.3 Å². The minimum Gasteiger partial charge on any atom is -0.288 e. The predicted octanol–water partition coefficient (Wildman–Crippen LogP) is 3.63. The van der Waals surface area contributed by atoms with Crippen LogP contribution in [-0.2, 0) is 17.6 Å². The van der Waals surface area contributed by atoms with Crippen LogP contribution in [0.5, 0.6) is 0 Å². The Kier molecular flexibility index (Phi) is 5.04. The number of hydrogen-bond acceptors (Lipinski definition) is 2. The average Bonchev–Trinajstić information content (AvgIpc) is 2.71. The summed E-state index contributed by atoms with van der Waals surface area (Å²) in [6.45, 7) is 5.34. The number of hydrogen-bond donors (Lipinski definition) is 1. The van der Waals surface area contributed by atoms with Gasteiger partial charge in [-0.2, -0.15) is 13.2 Å². The second-order valence-corrected chi connectivity index (χ2v) is 6.66. The lowest BCUT2D eigenvalue weighted by Crippen LogP contribution is -2.56. The quantitative estimate of drug-likeness (QED) is 0.895. The van der Waals surface area contributed by atoms with Gasteiger partial charge in [0.1, 0.15) is 6.04 Å². The van der Waals surface area contributed by atoms with Crippen LogP contribution in [0.25, 0.3) is 0 Å². The Bertz CT molecular complexity index is 552. The highest BCUT2D eigenvalue weighted by Gasteiger charge is 2.51. The third-order valence-electron chi connectivity index (χ3n) is 4.32. The van der Waals surface area contributed by atoms with Crippen LogP contribution >= 0.6 is 0 Å². The Morgan fingerprint density at radius 1 is 1.22 bits per heavy atom. The number of halogens is 3. The highest BCUT2D eigenvalue weighted by atomic mass is 19.4. The van der Waals surface area contributed by atoms with Gasteiger partial charge >= 0.3 is 6.18 Å². The fourth-order valence-electron chi connectivity index (χ4n) is 2.99. The standard InChI is InChI=1S/C17H23F3N2O/c1-4-12-5-7-13(8-6-12)9-10-14(17(18,19)20)22-16(2,3)11-15(23)21-22/h5-8,14H,4,9-11H2,1-3H3,(H,21,23)/t14-/m0/s1. The molecule has 1 aromatic carbocycles. The molecule has 23 heavy (non-hydrogen) atoms. The number of hydrazine groups is 1. The molecule has 0 unspecified atom stereocenters. The van der Waals surface area contributed by atoms with Gasteiger partial charge in [0.05, 0.1) is 0 Å². The first-order valence-electron chi connectivity index (χ1n) is 7.87. The summed E-state index contributed by atoms with van der Waals surface area (Å²) in [4.78, 5) is 11.5. The summed E-state index contributed by atoms with van der Waals surface area (Å²) >= 11 is 0. The first-order valence-corrected chi connectivity index (χ1v) is 7.87. The van der Waals surface area contributed by atoms with E-state index >= 15 is 0 Å². The lowest BCUT2D eigenvalue weighted by molar-refractivity contribution is -0.202. The summed E-state index contributed by atoms with van der Waals surface area (Å²) < 4.78 is 40.4. The summed E-state index contributed by atoms with van der Waals surface area (Å²) in [6, 6.07) is 5.95. The van der Waals surface area contributed by atoms with Crippen molar-refractivity contribution in [3.05, 3.63) is 35.4 Å². The molecular weight excluding hydrogens is 305 g/mol. The second-order valence-electron chi connectivity index (χ2n) is 6.66. The van der Waals surface area contributed by atoms with Crippen LogP contribution in [0.1, 0.15) is 44.7 Å². The van der Waals surface area contributed by atoms with Crippen LogP contribution in [0, 0.1) is 0 Å². The molecule has 0 aromatic heterocycles. The van der Waals surface area contributed by atoms with E-state index in [2.05, 4.69) is 5.43 Å². The number of alkyl halides is 3. The maximum atomic E-state index is 13.5. The molecule has 0 radical (unpaired) electrons. The van der Waals surface area contributed by atoms with E-state index in [0.29, 0.717) is 6.42 Å². The number of amides is 1. The molecule has 6 heteroatoms. The third-order valence-corrected chi connectivity index (χ3v) is 4.32. The van der Waals surface area contributed by atoms with E-state index in [0.717, 1.165) is 22.6 Å². The summed E-state index contributed by atoms with van der Waals surface area (Å²) in [7, 11) is 0. The molecule has 0 saturated carbocycles. The Labute approximate surface area is 134 Å². The zero-order chi connectivity index (χ0) is 17.3. The zero-order valence-corrected chi connectivity index (χ0v) is 13.7. The maximum absolute atomic E-state index is 13.5. The van der Waals surface area contributed by atoms with Gasteiger partial charge in [-0.05, 0) is 44.2 Å². The van der Waals surface area contributed by atoms with Crippen molar-refractivity contribution in [2.24, 2.45) is 0 Å². The number of aryl methyl sites for hydroxylation is 2. The van der Waals surface area contributed by atoms with E-state index in [1.807, 2.05) is 31.2 Å². The largest absolute Gasteiger partial charge is 0.405 e. The fraction of sp³-hybridized carbons (Fsp3) is 0.588. The van der Waals surface area contributed by atoms with Gasteiger partial charge in [0.25, 0.3) is 0 Å². The predicted molar refractivity (Wildman–Crippen MR) is 82.7 cm³/mol. The van der Waals surface area contributed by atoms with Crippen molar-refractivity contribution in [2.45, 2.75) is 64.2 Å². The lowest BCUT2D eigenvalue weighted by Gasteiger charge is -2.37. The van der Waals surface area contributed by atoms with E-state index in [1.165, 1.54) is 0 Å². The highest BCUT2D eigenvalue weighted by molar-refractivity contribution is 5.78. The Balaban J connectivity index is 2.12. The van der Waals surface area contributed by atoms with E-state index in [4.69, 9.17) is 0 Å². The third kappa shape index (κ3) is 4.25. The molecule has 1 aromatic rings. The molecule has 0 spiro atoms. The van der Waals surface area contributed by atoms with Gasteiger partial charge in [0.2, 0.25) is 5.91 Å². The number of carbonyl (C=O) groups is 1. The van der Waals surface area contributed by atoms with Crippen LogP contribution in [0.4, 0.5) is 13.2 Å². The lowest BCUT2D eigenvalue weighted by atomic mass is 9.97. The molecule has 1 heterocycles. The van der Waals surface area contributed by atoms with Crippen molar-refractivity contribution >= 4 is 5.91 Å². The topological polar surface area (TPSA) is 32.3 Å². The van der Waals surface area contributed by atoms with E-state index in [-0.39, 0.29) is 18.7 Å². The summed E-state index contributed by atoms with van der Waals surface area (Å²) in [6.07, 6.45) is -3.18. The number of benzene rings is 1. The zero-order valence-electron chi connectivity index (χ0n) is 13.7. The van der Waals surface area contributed by atoms with Crippen molar-refractivity contribution < 1.29 is 18.0 Å². The summed E-state index contributed by atoms with van der Waals surface area (Å²) in [5.41, 5.74) is 3.57. The monoisotopic (exact) mass is 328 g/mol. The molecule has 1 fully saturated rings. The number of nitrogens with zero attached hydrogens (tertiary/aromatic N) is 1. The molecule has 1 N–H and O–H groups in total. The fourth-order valence-corrected chi connectivity index (χ4v) is 2.99. The maximum Gasteiger partial charge on any atom is 0.405 e. The molecule has 0 bridgehead atoms. The SMILES string of the molecule is CCc1ccc(CC[C@H](N2NC(=O)CC2(C)C)C(F)(F)F)cc1. The van der Waals surface area contributed by atoms with Crippen LogP contribution < -0.4 is 5.43 Å². The molecule has 128 valence electrons. The van der Waals surface area contributed by atoms with Gasteiger partial charge in [-0.25, -0.2) is 5.01 Å². The van der Waals surface area contributed by atoms with Gasteiger partial charge in [-0.1, -0.05) is 31.2 Å². The van der Waals surface area contributed by atoms with Crippen molar-refractivity contribution in [1.29, 1.82) is 0 Å². The molecule has 1 aliphatic rings. The highest BCUT2D eigenvalue weighted by Crippen LogP contribution is 2.35. The number of nitrogens with one attached hydrogen (secondary N) is 1. The summed E-state index contributed by atoms with van der Waals surface area (Å²) in [5.74, 6) is -0.364. The molecule has 1 saturated heterocycles. The van der Waals surface area contributed by atoms with Crippen molar-refractivity contribution in [2.75, 3.05) is 0 Å². The van der Waals surface area contributed by atoms with Gasteiger partial charge in [-0.3, -0.25) is 10.2 Å². The molecule has 1 atom stereocenters. The summed E-state index contributed by atoms with van der Waals surface area (Å²) in [5, 5.41) is 1.08. The molecule has 0 aliphatic carbocycles. The first kappa shape index (κ1) is 17.8. The Morgan fingerprint density at radius 2 is 1.78 bits per heavy atom. The molecule has 1 aliphatic heterocycles. The second kappa shape index (κ2) is 6.51. The Morgan fingerprint density at radius 3 is 2.22 bits per heavy atom. The average molecular weight is 328 g/mol. The smallest absolute Gasteiger partial charge is 0.288 e. The molecule has 1 amide bonds. The van der Waals surface area contributed by atoms with Crippen LogP contribution in [-0.4, -0.2) is 28.7 Å². The number of rotatable bonds is 5. The molecule has 2 rings (SSSR count). The minimum atomic E-state index is -4.39. The number of carbonyl (C=O) groups excluding carboxylic acids is 1. The van der Waals surface area contributed by atoms with E-state index in [9.17, 15) is 18.0 Å². The van der Waals surface area contributed by atoms with Crippen molar-refractivity contribution in [3.8, 4) is 0 Å². The van der Waals surface area contributed by atoms with E-state index < -0.39 is 17.8 Å². The van der Waals surface area contributed by atoms with Gasteiger partial charge in [0, 0.05) is 12.0 Å². The Hall–Kier alpha value is -1.56. The van der Waals surface area contributed by atoms with Crippen molar-refractivity contribution in [3.63, 3.8) is 0 Å². The molecule has 3 nitrogen and oxygen atoms in total. The van der Waals surface area contributed by atoms with Crippen LogP contribution in [0.3, 0.4) is 0 Å². The van der Waals surface area contributed by atoms with Gasteiger partial charge < -0.3 is 0 Å².